The van der Waals surface area contributed by atoms with Crippen molar-refractivity contribution in [1.82, 2.24) is 14.8 Å². The molecule has 0 saturated heterocycles. The number of aryl methyl sites for hydroxylation is 1. The molecule has 1 unspecified atom stereocenters. The molecule has 0 aliphatic carbocycles. The summed E-state index contributed by atoms with van der Waals surface area (Å²) in [4.78, 5) is 18.6. The summed E-state index contributed by atoms with van der Waals surface area (Å²) in [6.07, 6.45) is 2.20. The standard InChI is InChI=1S/C32H34ClN5O2S/c1-5-6-18-41-32-36-31-34-22(4)28(30(39)35-27-9-7-8-20(2)21(27)3)29(38(31)37-32)24-12-16-26(17-13-24)40-19-23-10-14-25(33)15-11-23/h7-17,29H,5-6,18-19H2,1-4H3,(H,35,39)(H,34,36,37). The van der Waals surface area contributed by atoms with Gasteiger partial charge in [0.2, 0.25) is 11.1 Å². The van der Waals surface area contributed by atoms with Crippen LogP contribution in [0.4, 0.5) is 11.6 Å². The molecule has 3 aromatic carbocycles. The number of halogens is 1. The zero-order valence-corrected chi connectivity index (χ0v) is 25.3. The molecule has 1 aliphatic rings. The summed E-state index contributed by atoms with van der Waals surface area (Å²) in [5.74, 6) is 2.11. The van der Waals surface area contributed by atoms with Gasteiger partial charge in [-0.3, -0.25) is 4.79 Å². The maximum absolute atomic E-state index is 13.9. The summed E-state index contributed by atoms with van der Waals surface area (Å²) in [6.45, 7) is 8.56. The van der Waals surface area contributed by atoms with Gasteiger partial charge in [0.15, 0.2) is 0 Å². The number of carbonyl (C=O) groups excluding carboxylic acids is 1. The first-order chi connectivity index (χ1) is 19.8. The van der Waals surface area contributed by atoms with Crippen molar-refractivity contribution in [3.63, 3.8) is 0 Å². The minimum atomic E-state index is -0.463. The number of allylic oxidation sites excluding steroid dienone is 1. The average molecular weight is 588 g/mol. The van der Waals surface area contributed by atoms with Crippen molar-refractivity contribution in [2.75, 3.05) is 16.4 Å². The SMILES string of the molecule is CCCCSc1nc2n(n1)C(c1ccc(OCc3ccc(Cl)cc3)cc1)C(C(=O)Nc1cccc(C)c1C)=C(C)N2. The normalized spacial score (nSPS) is 14.4. The fraction of sp³-hybridized carbons (Fsp3) is 0.281. The highest BCUT2D eigenvalue weighted by Crippen LogP contribution is 2.37. The third-order valence-electron chi connectivity index (χ3n) is 7.17. The number of benzene rings is 3. The molecule has 4 aromatic rings. The first-order valence-electron chi connectivity index (χ1n) is 13.8. The van der Waals surface area contributed by atoms with Gasteiger partial charge in [-0.1, -0.05) is 73.1 Å². The minimum Gasteiger partial charge on any atom is -0.489 e. The van der Waals surface area contributed by atoms with E-state index in [4.69, 9.17) is 26.4 Å². The molecule has 212 valence electrons. The van der Waals surface area contributed by atoms with Crippen LogP contribution >= 0.6 is 23.4 Å². The number of ether oxygens (including phenoxy) is 1. The second kappa shape index (κ2) is 12.8. The van der Waals surface area contributed by atoms with E-state index < -0.39 is 6.04 Å². The number of carbonyl (C=O) groups is 1. The lowest BCUT2D eigenvalue weighted by molar-refractivity contribution is -0.113. The van der Waals surface area contributed by atoms with E-state index in [0.29, 0.717) is 28.3 Å². The Labute approximate surface area is 250 Å². The van der Waals surface area contributed by atoms with Gasteiger partial charge >= 0.3 is 0 Å². The van der Waals surface area contributed by atoms with Crippen molar-refractivity contribution in [2.24, 2.45) is 0 Å². The number of thioether (sulfide) groups is 1. The first-order valence-corrected chi connectivity index (χ1v) is 15.1. The zero-order valence-electron chi connectivity index (χ0n) is 23.7. The number of nitrogens with zero attached hydrogens (tertiary/aromatic N) is 3. The van der Waals surface area contributed by atoms with Crippen molar-refractivity contribution >= 4 is 40.9 Å². The lowest BCUT2D eigenvalue weighted by atomic mass is 9.94. The van der Waals surface area contributed by atoms with Gasteiger partial charge in [0.05, 0.1) is 5.57 Å². The number of rotatable bonds is 10. The van der Waals surface area contributed by atoms with Crippen LogP contribution in [0.1, 0.15) is 55.0 Å². The predicted octanol–water partition coefficient (Wildman–Crippen LogP) is 7.95. The largest absolute Gasteiger partial charge is 0.489 e. The van der Waals surface area contributed by atoms with E-state index >= 15 is 0 Å². The van der Waals surface area contributed by atoms with E-state index in [0.717, 1.165) is 58.0 Å². The summed E-state index contributed by atoms with van der Waals surface area (Å²) >= 11 is 7.63. The molecule has 2 N–H and O–H groups in total. The molecule has 41 heavy (non-hydrogen) atoms. The van der Waals surface area contributed by atoms with Gasteiger partial charge in [0.25, 0.3) is 5.91 Å². The third-order valence-corrected chi connectivity index (χ3v) is 8.35. The summed E-state index contributed by atoms with van der Waals surface area (Å²) in [6, 6.07) is 20.9. The van der Waals surface area contributed by atoms with Crippen molar-refractivity contribution in [3.05, 3.63) is 105 Å². The molecular weight excluding hydrogens is 554 g/mol. The molecule has 2 heterocycles. The zero-order chi connectivity index (χ0) is 28.9. The Morgan fingerprint density at radius 1 is 1.07 bits per heavy atom. The topological polar surface area (TPSA) is 81.1 Å². The van der Waals surface area contributed by atoms with E-state index in [2.05, 4.69) is 17.6 Å². The Kier molecular flexibility index (Phi) is 9.00. The molecule has 0 spiro atoms. The number of anilines is 2. The van der Waals surface area contributed by atoms with Crippen LogP contribution in [0.25, 0.3) is 0 Å². The van der Waals surface area contributed by atoms with Crippen LogP contribution in [-0.2, 0) is 11.4 Å². The van der Waals surface area contributed by atoms with E-state index in [9.17, 15) is 4.79 Å². The van der Waals surface area contributed by atoms with E-state index in [1.807, 2.05) is 92.2 Å². The van der Waals surface area contributed by atoms with Crippen LogP contribution in [0.5, 0.6) is 5.75 Å². The predicted molar refractivity (Wildman–Crippen MR) is 167 cm³/mol. The van der Waals surface area contributed by atoms with Crippen molar-refractivity contribution < 1.29 is 9.53 Å². The first kappa shape index (κ1) is 28.8. The highest BCUT2D eigenvalue weighted by molar-refractivity contribution is 7.99. The lowest BCUT2D eigenvalue weighted by Crippen LogP contribution is -2.31. The average Bonchev–Trinajstić information content (AvgIpc) is 3.37. The monoisotopic (exact) mass is 587 g/mol. The van der Waals surface area contributed by atoms with Crippen molar-refractivity contribution in [2.45, 2.75) is 58.3 Å². The maximum Gasteiger partial charge on any atom is 0.255 e. The fourth-order valence-electron chi connectivity index (χ4n) is 4.67. The molecular formula is C32H34ClN5O2S. The smallest absolute Gasteiger partial charge is 0.255 e. The molecule has 1 aromatic heterocycles. The second-order valence-electron chi connectivity index (χ2n) is 10.1. The van der Waals surface area contributed by atoms with Crippen LogP contribution in [0.2, 0.25) is 5.02 Å². The molecule has 9 heteroatoms. The number of unbranched alkanes of at least 4 members (excludes halogenated alkanes) is 1. The van der Waals surface area contributed by atoms with Gasteiger partial charge in [-0.15, -0.1) is 5.10 Å². The molecule has 1 atom stereocenters. The summed E-state index contributed by atoms with van der Waals surface area (Å²) in [5, 5.41) is 12.7. The minimum absolute atomic E-state index is 0.182. The highest BCUT2D eigenvalue weighted by Gasteiger charge is 2.34. The summed E-state index contributed by atoms with van der Waals surface area (Å²) in [5.41, 5.74) is 6.22. The number of hydrogen-bond acceptors (Lipinski definition) is 6. The third kappa shape index (κ3) is 6.60. The lowest BCUT2D eigenvalue weighted by Gasteiger charge is -2.29. The molecule has 1 aliphatic heterocycles. The van der Waals surface area contributed by atoms with Gasteiger partial charge in [-0.2, -0.15) is 4.98 Å². The van der Waals surface area contributed by atoms with Crippen LogP contribution in [0.15, 0.2) is 83.2 Å². The number of aromatic nitrogens is 3. The van der Waals surface area contributed by atoms with E-state index in [1.54, 1.807) is 11.8 Å². The maximum atomic E-state index is 13.9. The Bertz CT molecular complexity index is 1560. The molecule has 1 amide bonds. The van der Waals surface area contributed by atoms with Crippen LogP contribution < -0.4 is 15.4 Å². The van der Waals surface area contributed by atoms with Crippen LogP contribution in [0, 0.1) is 13.8 Å². The molecule has 0 fully saturated rings. The van der Waals surface area contributed by atoms with Gasteiger partial charge in [-0.05, 0) is 79.8 Å². The quantitative estimate of drug-likeness (QED) is 0.145. The van der Waals surface area contributed by atoms with Crippen LogP contribution in [-0.4, -0.2) is 26.4 Å². The summed E-state index contributed by atoms with van der Waals surface area (Å²) < 4.78 is 7.84. The Balaban J connectivity index is 1.45. The van der Waals surface area contributed by atoms with Gasteiger partial charge in [-0.25, -0.2) is 4.68 Å². The Morgan fingerprint density at radius 2 is 1.83 bits per heavy atom. The molecule has 0 bridgehead atoms. The molecule has 5 rings (SSSR count). The number of fused-ring (bicyclic) bond motifs is 1. The van der Waals surface area contributed by atoms with Gasteiger partial charge in [0.1, 0.15) is 18.4 Å². The highest BCUT2D eigenvalue weighted by atomic mass is 35.5. The fourth-order valence-corrected chi connectivity index (χ4v) is 5.71. The number of nitrogens with one attached hydrogen (secondary N) is 2. The van der Waals surface area contributed by atoms with Crippen LogP contribution in [0.3, 0.4) is 0 Å². The number of amides is 1. The van der Waals surface area contributed by atoms with Gasteiger partial charge < -0.3 is 15.4 Å². The Hall–Kier alpha value is -3.75. The summed E-state index contributed by atoms with van der Waals surface area (Å²) in [7, 11) is 0. The second-order valence-corrected chi connectivity index (χ2v) is 11.6. The van der Waals surface area contributed by atoms with E-state index in [1.165, 1.54) is 0 Å². The Morgan fingerprint density at radius 3 is 2.56 bits per heavy atom. The number of hydrogen-bond donors (Lipinski definition) is 2. The molecule has 0 radical (unpaired) electrons. The molecule has 7 nitrogen and oxygen atoms in total. The van der Waals surface area contributed by atoms with E-state index in [-0.39, 0.29) is 5.91 Å². The van der Waals surface area contributed by atoms with Crippen molar-refractivity contribution in [3.8, 4) is 5.75 Å². The van der Waals surface area contributed by atoms with Crippen molar-refractivity contribution in [1.29, 1.82) is 0 Å². The van der Waals surface area contributed by atoms with Gasteiger partial charge in [0, 0.05) is 22.2 Å². The molecule has 0 saturated carbocycles.